The maximum absolute atomic E-state index is 13.5. The number of aliphatic hydroxyl groups is 1. The minimum atomic E-state index is -3.86. The molecule has 4 rings (SSSR count). The van der Waals surface area contributed by atoms with Crippen LogP contribution in [0.4, 0.5) is 0 Å². The van der Waals surface area contributed by atoms with Crippen molar-refractivity contribution in [3.05, 3.63) is 59.2 Å². The first-order valence-electron chi connectivity index (χ1n) is 13.6. The third-order valence-electron chi connectivity index (χ3n) is 7.56. The van der Waals surface area contributed by atoms with E-state index in [1.54, 1.807) is 42.5 Å². The molecule has 0 bridgehead atoms. The van der Waals surface area contributed by atoms with Crippen LogP contribution >= 0.6 is 0 Å². The molecule has 0 saturated heterocycles. The molecule has 1 saturated carbocycles. The lowest BCUT2D eigenvalue weighted by atomic mass is 10.0. The molecule has 0 amide bonds. The van der Waals surface area contributed by atoms with Gasteiger partial charge in [-0.2, -0.15) is 4.31 Å². The van der Waals surface area contributed by atoms with Crippen LogP contribution in [0.5, 0.6) is 5.75 Å². The first-order chi connectivity index (χ1) is 18.7. The fourth-order valence-electron chi connectivity index (χ4n) is 5.33. The van der Waals surface area contributed by atoms with E-state index < -0.39 is 16.0 Å². The van der Waals surface area contributed by atoms with Gasteiger partial charge >= 0.3 is 5.97 Å². The van der Waals surface area contributed by atoms with E-state index in [1.165, 1.54) is 30.0 Å². The van der Waals surface area contributed by atoms with E-state index >= 15 is 0 Å². The molecular formula is C30H38N2O6S. The molecule has 8 nitrogen and oxygen atoms in total. The van der Waals surface area contributed by atoms with Gasteiger partial charge in [-0.3, -0.25) is 4.90 Å². The maximum Gasteiger partial charge on any atom is 0.335 e. The molecule has 0 unspecified atom stereocenters. The summed E-state index contributed by atoms with van der Waals surface area (Å²) in [6, 6.07) is 11.8. The number of hydrogen-bond donors (Lipinski definition) is 2. The predicted molar refractivity (Wildman–Crippen MR) is 149 cm³/mol. The first kappa shape index (κ1) is 29.1. The average Bonchev–Trinajstić information content (AvgIpc) is 3.41. The highest BCUT2D eigenvalue weighted by Gasteiger charge is 2.35. The second kappa shape index (κ2) is 13.0. The van der Waals surface area contributed by atoms with Gasteiger partial charge in [-0.25, -0.2) is 13.2 Å². The molecule has 1 aliphatic carbocycles. The van der Waals surface area contributed by atoms with Gasteiger partial charge in [0, 0.05) is 44.1 Å². The molecule has 1 aliphatic heterocycles. The minimum Gasteiger partial charge on any atom is -0.487 e. The number of aliphatic hydroxyl groups excluding tert-OH is 1. The van der Waals surface area contributed by atoms with Crippen LogP contribution < -0.4 is 4.74 Å². The summed E-state index contributed by atoms with van der Waals surface area (Å²) in [4.78, 5) is 13.3. The van der Waals surface area contributed by atoms with Gasteiger partial charge < -0.3 is 14.9 Å². The number of hydrogen-bond acceptors (Lipinski definition) is 6. The number of likely N-dealkylation sites (N-methyl/N-ethyl adjacent to an activating group) is 1. The number of carboxylic acids is 1. The summed E-state index contributed by atoms with van der Waals surface area (Å²) in [6.07, 6.45) is 5.49. The Morgan fingerprint density at radius 3 is 2.54 bits per heavy atom. The van der Waals surface area contributed by atoms with Crippen molar-refractivity contribution in [1.82, 2.24) is 9.21 Å². The van der Waals surface area contributed by atoms with Gasteiger partial charge in [0.2, 0.25) is 10.0 Å². The van der Waals surface area contributed by atoms with Crippen molar-refractivity contribution in [3.63, 3.8) is 0 Å². The lowest BCUT2D eigenvalue weighted by Gasteiger charge is -2.35. The molecule has 0 aromatic heterocycles. The zero-order valence-corrected chi connectivity index (χ0v) is 23.5. The molecule has 2 aromatic carbocycles. The lowest BCUT2D eigenvalue weighted by molar-refractivity contribution is 0.0697. The highest BCUT2D eigenvalue weighted by Crippen LogP contribution is 2.33. The SMILES string of the molecule is C[C@@H]1CN(CCO)S(=O)(=O)c2ccc(C#CCC3CCCC3)cc2O[C@H]1CN(C)Cc1ccc(C(=O)O)cc1. The minimum absolute atomic E-state index is 0.00748. The topological polar surface area (TPSA) is 107 Å². The Balaban J connectivity index is 1.57. The second-order valence-electron chi connectivity index (χ2n) is 10.7. The van der Waals surface area contributed by atoms with Crippen molar-refractivity contribution < 1.29 is 28.2 Å². The number of nitrogens with zero attached hydrogens (tertiary/aromatic N) is 2. The number of aromatic carboxylic acids is 1. The number of carbonyl (C=O) groups is 1. The predicted octanol–water partition coefficient (Wildman–Crippen LogP) is 3.83. The number of β-amino-alcohol motifs (C(OH)–C–C–N with tert-alkyl or cyclic N) is 1. The molecule has 2 atom stereocenters. The van der Waals surface area contributed by atoms with E-state index in [2.05, 4.69) is 16.7 Å². The molecular weight excluding hydrogens is 516 g/mol. The number of sulfonamides is 1. The van der Waals surface area contributed by atoms with E-state index in [0.29, 0.717) is 19.0 Å². The van der Waals surface area contributed by atoms with E-state index in [-0.39, 0.29) is 47.9 Å². The molecule has 1 fully saturated rings. The Labute approximate surface area is 231 Å². The van der Waals surface area contributed by atoms with E-state index in [1.807, 2.05) is 14.0 Å². The van der Waals surface area contributed by atoms with Gasteiger partial charge in [0.05, 0.1) is 12.2 Å². The highest BCUT2D eigenvalue weighted by molar-refractivity contribution is 7.89. The number of benzene rings is 2. The fraction of sp³-hybridized carbons (Fsp3) is 0.500. The summed E-state index contributed by atoms with van der Waals surface area (Å²) in [5.41, 5.74) is 1.92. The average molecular weight is 555 g/mol. The number of rotatable bonds is 8. The molecule has 39 heavy (non-hydrogen) atoms. The Morgan fingerprint density at radius 2 is 1.87 bits per heavy atom. The summed E-state index contributed by atoms with van der Waals surface area (Å²) in [5, 5.41) is 18.8. The number of carboxylic acid groups (broad SMARTS) is 1. The smallest absolute Gasteiger partial charge is 0.335 e. The Morgan fingerprint density at radius 1 is 1.15 bits per heavy atom. The molecule has 2 aromatic rings. The van der Waals surface area contributed by atoms with Crippen LogP contribution in [0.15, 0.2) is 47.4 Å². The first-order valence-corrected chi connectivity index (χ1v) is 15.0. The zero-order valence-electron chi connectivity index (χ0n) is 22.7. The van der Waals surface area contributed by atoms with Crippen molar-refractivity contribution in [2.45, 2.75) is 56.6 Å². The largest absolute Gasteiger partial charge is 0.487 e. The molecule has 9 heteroatoms. The summed E-state index contributed by atoms with van der Waals surface area (Å²) in [5.74, 6) is 6.28. The zero-order chi connectivity index (χ0) is 28.0. The van der Waals surface area contributed by atoms with Crippen LogP contribution in [0.1, 0.15) is 60.5 Å². The van der Waals surface area contributed by atoms with E-state index in [4.69, 9.17) is 9.84 Å². The molecule has 210 valence electrons. The van der Waals surface area contributed by atoms with Crippen molar-refractivity contribution in [3.8, 4) is 17.6 Å². The summed E-state index contributed by atoms with van der Waals surface area (Å²) in [6.45, 7) is 3.00. The Kier molecular flexibility index (Phi) is 9.67. The van der Waals surface area contributed by atoms with Crippen LogP contribution in [0.25, 0.3) is 0 Å². The lowest BCUT2D eigenvalue weighted by Crippen LogP contribution is -2.46. The Hall–Kier alpha value is -2.90. The van der Waals surface area contributed by atoms with Gasteiger partial charge in [-0.15, -0.1) is 0 Å². The van der Waals surface area contributed by atoms with Gasteiger partial charge in [0.15, 0.2) is 0 Å². The number of ether oxygens (including phenoxy) is 1. The number of fused-ring (bicyclic) bond motifs is 1. The second-order valence-corrected chi connectivity index (χ2v) is 12.6. The standard InChI is InChI=1S/C30H38N2O6S/c1-22-19-32(16-17-33)39(36,37)29-15-12-24(9-5-8-23-6-3-4-7-23)18-27(29)38-28(22)21-31(2)20-25-10-13-26(14-11-25)30(34)35/h10-15,18,22-23,28,33H,3-4,6-8,16-17,19-21H2,1-2H3,(H,34,35)/t22-,28+/m1/s1. The molecule has 0 spiro atoms. The monoisotopic (exact) mass is 554 g/mol. The third kappa shape index (κ3) is 7.40. The summed E-state index contributed by atoms with van der Waals surface area (Å²) >= 11 is 0. The molecule has 1 heterocycles. The van der Waals surface area contributed by atoms with Crippen LogP contribution in [-0.4, -0.2) is 73.2 Å². The fourth-order valence-corrected chi connectivity index (χ4v) is 6.97. The summed E-state index contributed by atoms with van der Waals surface area (Å²) in [7, 11) is -1.91. The van der Waals surface area contributed by atoms with Crippen molar-refractivity contribution in [2.24, 2.45) is 11.8 Å². The third-order valence-corrected chi connectivity index (χ3v) is 9.46. The molecule has 0 radical (unpaired) electrons. The van der Waals surface area contributed by atoms with Gasteiger partial charge in [-0.1, -0.05) is 43.7 Å². The van der Waals surface area contributed by atoms with Gasteiger partial charge in [0.1, 0.15) is 16.7 Å². The molecule has 2 aliphatic rings. The highest BCUT2D eigenvalue weighted by atomic mass is 32.2. The van der Waals surface area contributed by atoms with Crippen molar-refractivity contribution >= 4 is 16.0 Å². The van der Waals surface area contributed by atoms with Crippen LogP contribution in [0.2, 0.25) is 0 Å². The van der Waals surface area contributed by atoms with E-state index in [9.17, 15) is 18.3 Å². The van der Waals surface area contributed by atoms with Crippen LogP contribution in [-0.2, 0) is 16.6 Å². The van der Waals surface area contributed by atoms with E-state index in [0.717, 1.165) is 17.5 Å². The van der Waals surface area contributed by atoms with Crippen LogP contribution in [0, 0.1) is 23.7 Å². The van der Waals surface area contributed by atoms with Crippen LogP contribution in [0.3, 0.4) is 0 Å². The summed E-state index contributed by atoms with van der Waals surface area (Å²) < 4.78 is 34.8. The van der Waals surface area contributed by atoms with Crippen molar-refractivity contribution in [1.29, 1.82) is 0 Å². The normalized spacial score (nSPS) is 21.3. The van der Waals surface area contributed by atoms with Gasteiger partial charge in [0.25, 0.3) is 0 Å². The molecule has 2 N–H and O–H groups in total. The Bertz CT molecular complexity index is 1310. The van der Waals surface area contributed by atoms with Gasteiger partial charge in [-0.05, 0) is 61.7 Å². The quantitative estimate of drug-likeness (QED) is 0.478. The van der Waals surface area contributed by atoms with Crippen molar-refractivity contribution in [2.75, 3.05) is 33.3 Å². The maximum atomic E-state index is 13.5.